The fourth-order valence-corrected chi connectivity index (χ4v) is 5.62. The van der Waals surface area contributed by atoms with Crippen molar-refractivity contribution >= 4 is 33.2 Å². The lowest BCUT2D eigenvalue weighted by Gasteiger charge is -2.19. The van der Waals surface area contributed by atoms with Crippen molar-refractivity contribution in [3.8, 4) is 11.1 Å². The minimum atomic E-state index is -3.84. The molecule has 1 fully saturated rings. The second-order valence-electron chi connectivity index (χ2n) is 8.30. The minimum absolute atomic E-state index is 0.0661. The van der Waals surface area contributed by atoms with E-state index in [4.69, 9.17) is 5.14 Å². The van der Waals surface area contributed by atoms with E-state index in [9.17, 15) is 18.0 Å². The lowest BCUT2D eigenvalue weighted by Crippen LogP contribution is -2.39. The number of amides is 2. The molecular weight excluding hydrogens is 472 g/mol. The second kappa shape index (κ2) is 10.5. The Morgan fingerprint density at radius 3 is 2.24 bits per heavy atom. The predicted molar refractivity (Wildman–Crippen MR) is 130 cm³/mol. The maximum atomic E-state index is 12.8. The molecule has 1 aliphatic carbocycles. The number of carbonyl (C=O) groups is 2. The molecule has 10 heteroatoms. The van der Waals surface area contributed by atoms with Gasteiger partial charge in [-0.3, -0.25) is 9.59 Å². The van der Waals surface area contributed by atoms with Gasteiger partial charge in [0.25, 0.3) is 0 Å². The van der Waals surface area contributed by atoms with Crippen molar-refractivity contribution in [2.24, 2.45) is 17.0 Å². The van der Waals surface area contributed by atoms with Crippen molar-refractivity contribution in [2.45, 2.75) is 37.2 Å². The molecular formula is C24H26N4O4S2. The topological polar surface area (TPSA) is 131 Å². The fraction of sp³-hybridized carbons (Fsp3) is 0.292. The molecule has 1 aliphatic rings. The van der Waals surface area contributed by atoms with Crippen molar-refractivity contribution in [1.29, 1.82) is 0 Å². The quantitative estimate of drug-likeness (QED) is 0.439. The first-order chi connectivity index (χ1) is 16.3. The number of hydrogen-bond acceptors (Lipinski definition) is 6. The zero-order chi connectivity index (χ0) is 24.1. The van der Waals surface area contributed by atoms with Crippen LogP contribution < -0.4 is 15.8 Å². The zero-order valence-corrected chi connectivity index (χ0v) is 20.1. The van der Waals surface area contributed by atoms with E-state index in [1.807, 2.05) is 17.5 Å². The highest BCUT2D eigenvalue weighted by Gasteiger charge is 2.37. The summed E-state index contributed by atoms with van der Waals surface area (Å²) in [5.74, 6) is -0.925. The Bertz CT molecular complexity index is 1260. The standard InChI is InChI=1S/C24H26N4O4S2/c25-34(31,32)22-7-2-1-4-19(22)17-10-8-16(9-11-17)12-26-23(29)20-5-3-6-21(20)24(30)27-13-18-14-33-15-28-18/h1-2,4,7-11,14-15,20-21H,3,5-6,12-13H2,(H,26,29)(H,27,30)(H2,25,31,32)/t20?,21-/m1/s1. The third-order valence-electron chi connectivity index (χ3n) is 6.04. The number of sulfonamides is 1. The van der Waals surface area contributed by atoms with Gasteiger partial charge in [-0.15, -0.1) is 11.3 Å². The van der Waals surface area contributed by atoms with E-state index in [2.05, 4.69) is 15.6 Å². The molecule has 2 atom stereocenters. The summed E-state index contributed by atoms with van der Waals surface area (Å²) in [6, 6.07) is 13.8. The summed E-state index contributed by atoms with van der Waals surface area (Å²) in [5.41, 5.74) is 4.64. The Kier molecular flexibility index (Phi) is 7.40. The van der Waals surface area contributed by atoms with Gasteiger partial charge >= 0.3 is 0 Å². The van der Waals surface area contributed by atoms with E-state index in [0.29, 0.717) is 37.1 Å². The monoisotopic (exact) mass is 498 g/mol. The van der Waals surface area contributed by atoms with Gasteiger partial charge in [0.05, 0.1) is 22.6 Å². The summed E-state index contributed by atoms with van der Waals surface area (Å²) in [4.78, 5) is 29.7. The lowest BCUT2D eigenvalue weighted by atomic mass is 9.94. The normalized spacial score (nSPS) is 17.9. The van der Waals surface area contributed by atoms with Crippen molar-refractivity contribution < 1.29 is 18.0 Å². The van der Waals surface area contributed by atoms with E-state index in [0.717, 1.165) is 17.7 Å². The first kappa shape index (κ1) is 24.1. The first-order valence-corrected chi connectivity index (χ1v) is 13.5. The van der Waals surface area contributed by atoms with E-state index >= 15 is 0 Å². The number of nitrogens with two attached hydrogens (primary N) is 1. The number of nitrogens with one attached hydrogen (secondary N) is 2. The summed E-state index contributed by atoms with van der Waals surface area (Å²) < 4.78 is 23.7. The highest BCUT2D eigenvalue weighted by Crippen LogP contribution is 2.32. The molecule has 4 N–H and O–H groups in total. The molecule has 1 aromatic heterocycles. The number of aromatic nitrogens is 1. The average Bonchev–Trinajstić information content (AvgIpc) is 3.53. The highest BCUT2D eigenvalue weighted by atomic mass is 32.2. The molecule has 3 aromatic rings. The van der Waals surface area contributed by atoms with Crippen molar-refractivity contribution in [1.82, 2.24) is 15.6 Å². The van der Waals surface area contributed by atoms with Crippen LogP contribution in [0, 0.1) is 11.8 Å². The number of benzene rings is 2. The Morgan fingerprint density at radius 1 is 0.971 bits per heavy atom. The van der Waals surface area contributed by atoms with Gasteiger partial charge in [0, 0.05) is 29.3 Å². The van der Waals surface area contributed by atoms with Gasteiger partial charge in [-0.05, 0) is 30.0 Å². The molecule has 34 heavy (non-hydrogen) atoms. The van der Waals surface area contributed by atoms with Gasteiger partial charge in [-0.1, -0.05) is 48.9 Å². The Hall–Kier alpha value is -3.08. The van der Waals surface area contributed by atoms with Crippen LogP contribution in [0.5, 0.6) is 0 Å². The van der Waals surface area contributed by atoms with Crippen LogP contribution in [0.2, 0.25) is 0 Å². The molecule has 0 spiro atoms. The van der Waals surface area contributed by atoms with Gasteiger partial charge in [-0.2, -0.15) is 0 Å². The van der Waals surface area contributed by atoms with Crippen LogP contribution in [0.4, 0.5) is 0 Å². The van der Waals surface area contributed by atoms with E-state index in [1.54, 1.807) is 35.8 Å². The molecule has 8 nitrogen and oxygen atoms in total. The second-order valence-corrected chi connectivity index (χ2v) is 10.5. The number of hydrogen-bond donors (Lipinski definition) is 3. The van der Waals surface area contributed by atoms with E-state index in [1.165, 1.54) is 17.4 Å². The fourth-order valence-electron chi connectivity index (χ4n) is 4.30. The SMILES string of the molecule is NS(=O)(=O)c1ccccc1-c1ccc(CNC(=O)C2CCC[C@H]2C(=O)NCc2cscn2)cc1. The Morgan fingerprint density at radius 2 is 1.62 bits per heavy atom. The Balaban J connectivity index is 1.35. The molecule has 4 rings (SSSR count). The molecule has 2 aromatic carbocycles. The van der Waals surface area contributed by atoms with Crippen LogP contribution in [-0.4, -0.2) is 25.2 Å². The minimum Gasteiger partial charge on any atom is -0.352 e. The number of carbonyl (C=O) groups excluding carboxylic acids is 2. The highest BCUT2D eigenvalue weighted by molar-refractivity contribution is 7.89. The van der Waals surface area contributed by atoms with Gasteiger partial charge in [0.15, 0.2) is 0 Å². The largest absolute Gasteiger partial charge is 0.352 e. The smallest absolute Gasteiger partial charge is 0.238 e. The molecule has 2 amide bonds. The van der Waals surface area contributed by atoms with Crippen molar-refractivity contribution in [3.05, 3.63) is 70.7 Å². The number of rotatable bonds is 8. The number of nitrogens with zero attached hydrogens (tertiary/aromatic N) is 1. The lowest BCUT2D eigenvalue weighted by molar-refractivity contribution is -0.133. The summed E-state index contributed by atoms with van der Waals surface area (Å²) in [5, 5.41) is 13.1. The molecule has 0 bridgehead atoms. The Labute approximate surface area is 202 Å². The molecule has 0 radical (unpaired) electrons. The molecule has 0 aliphatic heterocycles. The molecule has 0 saturated heterocycles. The van der Waals surface area contributed by atoms with Gasteiger partial charge < -0.3 is 10.6 Å². The summed E-state index contributed by atoms with van der Waals surface area (Å²) in [6.07, 6.45) is 2.22. The van der Waals surface area contributed by atoms with Crippen LogP contribution in [0.25, 0.3) is 11.1 Å². The van der Waals surface area contributed by atoms with Gasteiger partial charge in [-0.25, -0.2) is 18.5 Å². The maximum Gasteiger partial charge on any atom is 0.238 e. The third-order valence-corrected chi connectivity index (χ3v) is 7.65. The molecule has 178 valence electrons. The molecule has 1 unspecified atom stereocenters. The van der Waals surface area contributed by atoms with Crippen molar-refractivity contribution in [3.63, 3.8) is 0 Å². The third kappa shape index (κ3) is 5.69. The van der Waals surface area contributed by atoms with Crippen LogP contribution >= 0.6 is 11.3 Å². The maximum absolute atomic E-state index is 12.8. The van der Waals surface area contributed by atoms with Crippen LogP contribution in [0.1, 0.15) is 30.5 Å². The van der Waals surface area contributed by atoms with Crippen LogP contribution in [0.15, 0.2) is 64.3 Å². The van der Waals surface area contributed by atoms with Crippen LogP contribution in [0.3, 0.4) is 0 Å². The average molecular weight is 499 g/mol. The first-order valence-electron chi connectivity index (χ1n) is 11.0. The summed E-state index contributed by atoms with van der Waals surface area (Å²) in [6.45, 7) is 0.688. The van der Waals surface area contributed by atoms with Crippen LogP contribution in [-0.2, 0) is 32.7 Å². The summed E-state index contributed by atoms with van der Waals surface area (Å²) in [7, 11) is -3.84. The predicted octanol–water partition coefficient (Wildman–Crippen LogP) is 2.81. The molecule has 1 heterocycles. The zero-order valence-electron chi connectivity index (χ0n) is 18.4. The van der Waals surface area contributed by atoms with Gasteiger partial charge in [0.1, 0.15) is 0 Å². The van der Waals surface area contributed by atoms with Gasteiger partial charge in [0.2, 0.25) is 21.8 Å². The van der Waals surface area contributed by atoms with E-state index < -0.39 is 10.0 Å². The molecule has 1 saturated carbocycles. The van der Waals surface area contributed by atoms with E-state index in [-0.39, 0.29) is 28.5 Å². The number of thiazole rings is 1. The summed E-state index contributed by atoms with van der Waals surface area (Å²) >= 11 is 1.48. The van der Waals surface area contributed by atoms with Crippen molar-refractivity contribution in [2.75, 3.05) is 0 Å². The number of primary sulfonamides is 1.